The summed E-state index contributed by atoms with van der Waals surface area (Å²) in [5.41, 5.74) is 0.987. The molecule has 8 nitrogen and oxygen atoms in total. The normalized spacial score (nSPS) is 16.9. The molecule has 32 heavy (non-hydrogen) atoms. The van der Waals surface area contributed by atoms with Gasteiger partial charge in [-0.1, -0.05) is 29.8 Å². The molecule has 3 aromatic rings. The first-order valence-corrected chi connectivity index (χ1v) is 12.0. The number of aromatic nitrogens is 2. The summed E-state index contributed by atoms with van der Waals surface area (Å²) in [5, 5.41) is 3.12. The van der Waals surface area contributed by atoms with E-state index >= 15 is 0 Å². The third kappa shape index (κ3) is 3.87. The highest BCUT2D eigenvalue weighted by molar-refractivity contribution is 7.89. The first-order chi connectivity index (χ1) is 15.2. The highest BCUT2D eigenvalue weighted by Gasteiger charge is 2.40. The van der Waals surface area contributed by atoms with Crippen molar-refractivity contribution in [2.24, 2.45) is 7.05 Å². The molecule has 0 saturated carbocycles. The molecular weight excluding hydrogens is 452 g/mol. The average molecular weight is 475 g/mol. The van der Waals surface area contributed by atoms with Gasteiger partial charge < -0.3 is 5.32 Å². The van der Waals surface area contributed by atoms with Gasteiger partial charge >= 0.3 is 0 Å². The number of amides is 1. The summed E-state index contributed by atoms with van der Waals surface area (Å²) < 4.78 is 30.6. The lowest BCUT2D eigenvalue weighted by atomic mass is 10.2. The fraction of sp³-hybridized carbons (Fsp3) is 0.273. The SMILES string of the molecule is Cc1c(NC(=O)[C@H]2CCCN2S(=O)(=O)c2ccc(Cl)cc2)c(=O)n(-c2ccccc2)n1C. The molecule has 2 heterocycles. The van der Waals surface area contributed by atoms with Crippen LogP contribution < -0.4 is 10.9 Å². The number of carbonyl (C=O) groups is 1. The van der Waals surface area contributed by atoms with Gasteiger partial charge in [-0.3, -0.25) is 14.3 Å². The van der Waals surface area contributed by atoms with Crippen LogP contribution in [0, 0.1) is 6.92 Å². The van der Waals surface area contributed by atoms with Gasteiger partial charge in [0.05, 0.1) is 16.3 Å². The van der Waals surface area contributed by atoms with Crippen LogP contribution >= 0.6 is 11.6 Å². The predicted molar refractivity (Wildman–Crippen MR) is 123 cm³/mol. The number of anilines is 1. The molecule has 168 valence electrons. The molecule has 0 spiro atoms. The fourth-order valence-electron chi connectivity index (χ4n) is 3.95. The highest BCUT2D eigenvalue weighted by Crippen LogP contribution is 2.28. The molecule has 10 heteroatoms. The average Bonchev–Trinajstić information content (AvgIpc) is 3.35. The number of hydrogen-bond acceptors (Lipinski definition) is 4. The number of sulfonamides is 1. The van der Waals surface area contributed by atoms with Crippen molar-refractivity contribution >= 4 is 33.2 Å². The largest absolute Gasteiger partial charge is 0.319 e. The van der Waals surface area contributed by atoms with Crippen molar-refractivity contribution in [1.82, 2.24) is 13.7 Å². The lowest BCUT2D eigenvalue weighted by Gasteiger charge is -2.23. The Morgan fingerprint density at radius 3 is 2.41 bits per heavy atom. The summed E-state index contributed by atoms with van der Waals surface area (Å²) in [6.07, 6.45) is 0.921. The van der Waals surface area contributed by atoms with Crippen molar-refractivity contribution < 1.29 is 13.2 Å². The van der Waals surface area contributed by atoms with Crippen LogP contribution in [0.15, 0.2) is 64.3 Å². The van der Waals surface area contributed by atoms with Crippen LogP contribution in [0.25, 0.3) is 5.69 Å². The second-order valence-corrected chi connectivity index (χ2v) is 9.98. The maximum Gasteiger partial charge on any atom is 0.295 e. The van der Waals surface area contributed by atoms with E-state index in [1.807, 2.05) is 18.2 Å². The standard InChI is InChI=1S/C22H23ClN4O4S/c1-15-20(22(29)27(25(15)2)17-7-4-3-5-8-17)24-21(28)19-9-6-14-26(19)32(30,31)18-12-10-16(23)11-13-18/h3-5,7-8,10-13,19H,6,9,14H2,1-2H3,(H,24,28)/t19-/m1/s1. The van der Waals surface area contributed by atoms with Crippen LogP contribution in [0.2, 0.25) is 5.02 Å². The number of halogens is 1. The van der Waals surface area contributed by atoms with Gasteiger partial charge in [-0.15, -0.1) is 0 Å². The maximum absolute atomic E-state index is 13.1. The molecule has 1 atom stereocenters. The number of para-hydroxylation sites is 1. The Hall–Kier alpha value is -2.88. The molecule has 1 aliphatic heterocycles. The van der Waals surface area contributed by atoms with E-state index in [4.69, 9.17) is 11.6 Å². The van der Waals surface area contributed by atoms with E-state index in [0.29, 0.717) is 29.2 Å². The lowest BCUT2D eigenvalue weighted by Crippen LogP contribution is -2.43. The van der Waals surface area contributed by atoms with Crippen molar-refractivity contribution in [1.29, 1.82) is 0 Å². The molecule has 1 aromatic heterocycles. The Balaban J connectivity index is 1.63. The Morgan fingerprint density at radius 2 is 1.75 bits per heavy atom. The van der Waals surface area contributed by atoms with Crippen LogP contribution in [-0.4, -0.2) is 40.6 Å². The van der Waals surface area contributed by atoms with Crippen molar-refractivity contribution in [3.63, 3.8) is 0 Å². The molecule has 4 rings (SSSR count). The monoisotopic (exact) mass is 474 g/mol. The molecule has 1 saturated heterocycles. The van der Waals surface area contributed by atoms with E-state index in [-0.39, 0.29) is 22.7 Å². The topological polar surface area (TPSA) is 93.4 Å². The molecule has 2 aromatic carbocycles. The van der Waals surface area contributed by atoms with Crippen LogP contribution in [0.5, 0.6) is 0 Å². The summed E-state index contributed by atoms with van der Waals surface area (Å²) in [6.45, 7) is 1.96. The van der Waals surface area contributed by atoms with E-state index in [1.165, 1.54) is 33.3 Å². The minimum absolute atomic E-state index is 0.0731. The summed E-state index contributed by atoms with van der Waals surface area (Å²) in [7, 11) is -2.15. The van der Waals surface area contributed by atoms with Gasteiger partial charge in [0.1, 0.15) is 11.7 Å². The van der Waals surface area contributed by atoms with Gasteiger partial charge in [0, 0.05) is 18.6 Å². The number of hydrogen-bond donors (Lipinski definition) is 1. The van der Waals surface area contributed by atoms with Crippen molar-refractivity contribution in [3.05, 3.63) is 75.7 Å². The van der Waals surface area contributed by atoms with Crippen molar-refractivity contribution in [2.75, 3.05) is 11.9 Å². The molecule has 1 aliphatic rings. The summed E-state index contributed by atoms with van der Waals surface area (Å²) in [6, 6.07) is 14.0. The fourth-order valence-corrected chi connectivity index (χ4v) is 5.73. The quantitative estimate of drug-likeness (QED) is 0.615. The Kier molecular flexibility index (Phi) is 5.98. The van der Waals surface area contributed by atoms with Gasteiger partial charge in [0.15, 0.2) is 0 Å². The third-order valence-electron chi connectivity index (χ3n) is 5.73. The summed E-state index contributed by atoms with van der Waals surface area (Å²) in [5.74, 6) is -0.522. The van der Waals surface area contributed by atoms with Crippen LogP contribution in [0.1, 0.15) is 18.5 Å². The molecule has 0 bridgehead atoms. The molecule has 1 N–H and O–H groups in total. The lowest BCUT2D eigenvalue weighted by molar-refractivity contribution is -0.119. The molecule has 0 radical (unpaired) electrons. The Labute approximate surface area is 191 Å². The minimum atomic E-state index is -3.88. The smallest absolute Gasteiger partial charge is 0.295 e. The van der Waals surface area contributed by atoms with Gasteiger partial charge in [-0.2, -0.15) is 4.31 Å². The maximum atomic E-state index is 13.1. The second-order valence-electron chi connectivity index (χ2n) is 7.65. The number of rotatable bonds is 5. The molecule has 0 unspecified atom stereocenters. The third-order valence-corrected chi connectivity index (χ3v) is 7.90. The zero-order chi connectivity index (χ0) is 23.0. The Bertz CT molecular complexity index is 1310. The van der Waals surface area contributed by atoms with Gasteiger partial charge in [0.2, 0.25) is 15.9 Å². The van der Waals surface area contributed by atoms with Crippen LogP contribution in [0.4, 0.5) is 5.69 Å². The zero-order valence-electron chi connectivity index (χ0n) is 17.7. The molecule has 1 amide bonds. The van der Waals surface area contributed by atoms with E-state index in [1.54, 1.807) is 30.8 Å². The van der Waals surface area contributed by atoms with E-state index in [0.717, 1.165) is 0 Å². The van der Waals surface area contributed by atoms with Gasteiger partial charge in [0.25, 0.3) is 5.56 Å². The van der Waals surface area contributed by atoms with Crippen molar-refractivity contribution in [2.45, 2.75) is 30.7 Å². The molecule has 0 aliphatic carbocycles. The number of nitrogens with one attached hydrogen (secondary N) is 1. The second kappa shape index (κ2) is 8.57. The molecule has 1 fully saturated rings. The van der Waals surface area contributed by atoms with Gasteiger partial charge in [-0.25, -0.2) is 13.1 Å². The van der Waals surface area contributed by atoms with Crippen LogP contribution in [0.3, 0.4) is 0 Å². The minimum Gasteiger partial charge on any atom is -0.319 e. The zero-order valence-corrected chi connectivity index (χ0v) is 19.2. The van der Waals surface area contributed by atoms with Gasteiger partial charge in [-0.05, 0) is 56.2 Å². The number of carbonyl (C=O) groups excluding carboxylic acids is 1. The summed E-state index contributed by atoms with van der Waals surface area (Å²) >= 11 is 5.87. The van der Waals surface area contributed by atoms with E-state index < -0.39 is 22.0 Å². The van der Waals surface area contributed by atoms with Crippen LogP contribution in [-0.2, 0) is 21.9 Å². The predicted octanol–water partition coefficient (Wildman–Crippen LogP) is 2.93. The van der Waals surface area contributed by atoms with E-state index in [2.05, 4.69) is 5.32 Å². The summed E-state index contributed by atoms with van der Waals surface area (Å²) in [4.78, 5) is 26.3. The van der Waals surface area contributed by atoms with Crippen molar-refractivity contribution in [3.8, 4) is 5.69 Å². The number of nitrogens with zero attached hydrogens (tertiary/aromatic N) is 3. The highest BCUT2D eigenvalue weighted by atomic mass is 35.5. The first-order valence-electron chi connectivity index (χ1n) is 10.1. The number of benzene rings is 2. The molecular formula is C22H23ClN4O4S. The van der Waals surface area contributed by atoms with E-state index in [9.17, 15) is 18.0 Å². The Morgan fingerprint density at radius 1 is 1.09 bits per heavy atom. The first kappa shape index (κ1) is 22.3.